The predicted octanol–water partition coefficient (Wildman–Crippen LogP) is 0.643. The second kappa shape index (κ2) is 9.63. The highest BCUT2D eigenvalue weighted by Gasteiger charge is 2.18. The maximum Gasteiger partial charge on any atom is 0.257 e. The number of nitrogens with one attached hydrogen (secondary N) is 2. The summed E-state index contributed by atoms with van der Waals surface area (Å²) >= 11 is 0. The minimum Gasteiger partial charge on any atom is -0.391 e. The van der Waals surface area contributed by atoms with Crippen LogP contribution in [0.3, 0.4) is 0 Å². The number of H-pyrrole nitrogens is 1. The molecule has 0 spiro atoms. The lowest BCUT2D eigenvalue weighted by Crippen LogP contribution is -3.10. The summed E-state index contributed by atoms with van der Waals surface area (Å²) < 4.78 is 1.80. The minimum absolute atomic E-state index is 0.0194. The van der Waals surface area contributed by atoms with Gasteiger partial charge in [-0.15, -0.1) is 5.10 Å². The highest BCUT2D eigenvalue weighted by Crippen LogP contribution is 2.12. The van der Waals surface area contributed by atoms with Crippen molar-refractivity contribution in [1.29, 1.82) is 0 Å². The van der Waals surface area contributed by atoms with Gasteiger partial charge in [0.05, 0.1) is 12.2 Å². The summed E-state index contributed by atoms with van der Waals surface area (Å²) in [6.07, 6.45) is 0.831. The second-order valence-electron chi connectivity index (χ2n) is 7.85. The summed E-state index contributed by atoms with van der Waals surface area (Å²) in [5.74, 6) is 0.743. The number of tetrazole rings is 1. The molecule has 0 aliphatic heterocycles. The van der Waals surface area contributed by atoms with Crippen molar-refractivity contribution in [1.82, 2.24) is 25.2 Å². The first-order valence-electron chi connectivity index (χ1n) is 10.5. The zero-order chi connectivity index (χ0) is 21.6. The molecule has 8 nitrogen and oxygen atoms in total. The first-order chi connectivity index (χ1) is 15.1. The van der Waals surface area contributed by atoms with Crippen molar-refractivity contribution in [3.63, 3.8) is 0 Å². The first-order valence-corrected chi connectivity index (χ1v) is 10.5. The Morgan fingerprint density at radius 1 is 1.10 bits per heavy atom. The number of benzene rings is 2. The van der Waals surface area contributed by atoms with Gasteiger partial charge in [0.15, 0.2) is 0 Å². The van der Waals surface area contributed by atoms with Crippen LogP contribution in [0.1, 0.15) is 22.5 Å². The van der Waals surface area contributed by atoms with Gasteiger partial charge in [-0.3, -0.25) is 4.79 Å². The number of hydrogen-bond acceptors (Lipinski definition) is 5. The Kier molecular flexibility index (Phi) is 6.49. The lowest BCUT2D eigenvalue weighted by molar-refractivity contribution is -0.928. The summed E-state index contributed by atoms with van der Waals surface area (Å²) in [5, 5.41) is 22.7. The molecule has 31 heavy (non-hydrogen) atoms. The SMILES string of the molecule is Cc1ccc2cc(C[NH+](CCO)Cc3nnnn3CCc3ccccc3)c(=O)[nH]c2c1. The molecule has 0 amide bonds. The first kappa shape index (κ1) is 20.9. The van der Waals surface area contributed by atoms with E-state index in [1.165, 1.54) is 5.56 Å². The molecule has 2 heterocycles. The van der Waals surface area contributed by atoms with Gasteiger partial charge in [0.25, 0.3) is 5.56 Å². The quantitative estimate of drug-likeness (QED) is 0.370. The Morgan fingerprint density at radius 2 is 1.94 bits per heavy atom. The molecule has 4 aromatic rings. The van der Waals surface area contributed by atoms with Crippen molar-refractivity contribution in [2.24, 2.45) is 0 Å². The van der Waals surface area contributed by atoms with E-state index in [2.05, 4.69) is 32.6 Å². The molecule has 1 atom stereocenters. The molecule has 2 aromatic heterocycles. The maximum absolute atomic E-state index is 12.6. The van der Waals surface area contributed by atoms with E-state index in [1.54, 1.807) is 4.68 Å². The molecule has 8 heteroatoms. The molecule has 0 aliphatic rings. The van der Waals surface area contributed by atoms with Gasteiger partial charge in [-0.2, -0.15) is 0 Å². The van der Waals surface area contributed by atoms with Crippen LogP contribution < -0.4 is 10.5 Å². The van der Waals surface area contributed by atoms with Gasteiger partial charge >= 0.3 is 0 Å². The van der Waals surface area contributed by atoms with Gasteiger partial charge < -0.3 is 15.0 Å². The Morgan fingerprint density at radius 3 is 2.74 bits per heavy atom. The van der Waals surface area contributed by atoms with Crippen LogP contribution in [0.5, 0.6) is 0 Å². The number of aromatic nitrogens is 5. The number of hydrogen-bond donors (Lipinski definition) is 3. The molecule has 0 aliphatic carbocycles. The average Bonchev–Trinajstić information content (AvgIpc) is 3.21. The average molecular weight is 420 g/mol. The Hall–Kier alpha value is -3.36. The highest BCUT2D eigenvalue weighted by molar-refractivity contribution is 5.79. The smallest absolute Gasteiger partial charge is 0.257 e. The van der Waals surface area contributed by atoms with E-state index in [-0.39, 0.29) is 12.2 Å². The van der Waals surface area contributed by atoms with Crippen LogP contribution in [-0.2, 0) is 26.1 Å². The summed E-state index contributed by atoms with van der Waals surface area (Å²) in [6.45, 7) is 4.19. The summed E-state index contributed by atoms with van der Waals surface area (Å²) in [4.78, 5) is 16.6. The van der Waals surface area contributed by atoms with Gasteiger partial charge in [0, 0.05) is 12.1 Å². The molecule has 2 aromatic carbocycles. The number of pyridine rings is 1. The fraction of sp³-hybridized carbons (Fsp3) is 0.304. The van der Waals surface area contributed by atoms with Crippen molar-refractivity contribution in [3.05, 3.63) is 87.5 Å². The lowest BCUT2D eigenvalue weighted by Gasteiger charge is -2.18. The molecule has 0 radical (unpaired) electrons. The molecule has 0 saturated carbocycles. The van der Waals surface area contributed by atoms with Crippen molar-refractivity contribution in [2.75, 3.05) is 13.2 Å². The summed E-state index contributed by atoms with van der Waals surface area (Å²) in [7, 11) is 0. The third kappa shape index (κ3) is 5.22. The van der Waals surface area contributed by atoms with E-state index in [0.29, 0.717) is 31.7 Å². The van der Waals surface area contributed by atoms with Crippen molar-refractivity contribution >= 4 is 10.9 Å². The molecule has 3 N–H and O–H groups in total. The number of quaternary nitrogens is 1. The Balaban J connectivity index is 1.50. The van der Waals surface area contributed by atoms with Crippen LogP contribution in [0, 0.1) is 6.92 Å². The topological polar surface area (TPSA) is 101 Å². The molecule has 1 unspecified atom stereocenters. The minimum atomic E-state index is -0.0998. The van der Waals surface area contributed by atoms with Gasteiger partial charge in [0.2, 0.25) is 5.82 Å². The zero-order valence-corrected chi connectivity index (χ0v) is 17.6. The largest absolute Gasteiger partial charge is 0.391 e. The molecular formula is C23H27N6O2+. The van der Waals surface area contributed by atoms with Gasteiger partial charge in [-0.25, -0.2) is 4.68 Å². The number of rotatable bonds is 9. The van der Waals surface area contributed by atoms with Crippen LogP contribution in [-0.4, -0.2) is 43.4 Å². The number of aliphatic hydroxyl groups excluding tert-OH is 1. The van der Waals surface area contributed by atoms with E-state index >= 15 is 0 Å². The molecule has 160 valence electrons. The van der Waals surface area contributed by atoms with Gasteiger partial charge in [-0.05, 0) is 52.4 Å². The fourth-order valence-electron chi connectivity index (χ4n) is 3.78. The van der Waals surface area contributed by atoms with Crippen LogP contribution in [0.15, 0.2) is 59.4 Å². The maximum atomic E-state index is 12.6. The van der Waals surface area contributed by atoms with Crippen molar-refractivity contribution < 1.29 is 10.0 Å². The third-order valence-electron chi connectivity index (χ3n) is 5.45. The standard InChI is InChI=1S/C23H26N6O2/c1-17-7-8-19-14-20(23(31)24-21(19)13-17)15-28(11-12-30)16-22-25-26-27-29(22)10-9-18-5-3-2-4-6-18/h2-8,13-14,30H,9-12,15-16H2,1H3,(H,24,31)/p+1. The predicted molar refractivity (Wildman–Crippen MR) is 118 cm³/mol. The van der Waals surface area contributed by atoms with E-state index in [0.717, 1.165) is 33.6 Å². The Labute approximate surface area is 180 Å². The van der Waals surface area contributed by atoms with Gasteiger partial charge in [0.1, 0.15) is 19.6 Å². The van der Waals surface area contributed by atoms with Crippen LogP contribution in [0.25, 0.3) is 10.9 Å². The van der Waals surface area contributed by atoms with E-state index in [1.807, 2.05) is 49.4 Å². The fourth-order valence-corrected chi connectivity index (χ4v) is 3.78. The summed E-state index contributed by atoms with van der Waals surface area (Å²) in [6, 6.07) is 18.2. The van der Waals surface area contributed by atoms with Crippen molar-refractivity contribution in [2.45, 2.75) is 33.0 Å². The van der Waals surface area contributed by atoms with Crippen LogP contribution >= 0.6 is 0 Å². The lowest BCUT2D eigenvalue weighted by atomic mass is 10.1. The van der Waals surface area contributed by atoms with Crippen LogP contribution in [0.2, 0.25) is 0 Å². The van der Waals surface area contributed by atoms with E-state index < -0.39 is 0 Å². The molecule has 0 fully saturated rings. The number of aromatic amines is 1. The Bertz CT molecular complexity index is 1200. The number of aryl methyl sites for hydroxylation is 3. The number of fused-ring (bicyclic) bond motifs is 1. The van der Waals surface area contributed by atoms with E-state index in [4.69, 9.17) is 0 Å². The molecule has 4 rings (SSSR count). The monoisotopic (exact) mass is 419 g/mol. The third-order valence-corrected chi connectivity index (χ3v) is 5.45. The summed E-state index contributed by atoms with van der Waals surface area (Å²) in [5.41, 5.74) is 3.75. The second-order valence-corrected chi connectivity index (χ2v) is 7.85. The van der Waals surface area contributed by atoms with Crippen LogP contribution in [0.4, 0.5) is 0 Å². The van der Waals surface area contributed by atoms with E-state index in [9.17, 15) is 9.90 Å². The molecule has 0 saturated heterocycles. The number of nitrogens with zero attached hydrogens (tertiary/aromatic N) is 4. The normalized spacial score (nSPS) is 12.3. The zero-order valence-electron chi connectivity index (χ0n) is 17.6. The number of aliphatic hydroxyl groups is 1. The molecule has 0 bridgehead atoms. The van der Waals surface area contributed by atoms with Gasteiger partial charge in [-0.1, -0.05) is 42.5 Å². The highest BCUT2D eigenvalue weighted by atomic mass is 16.3. The molecular weight excluding hydrogens is 392 g/mol. The van der Waals surface area contributed by atoms with Crippen molar-refractivity contribution in [3.8, 4) is 0 Å².